The number of carbonyl (C=O) groups excluding carboxylic acids is 1. The summed E-state index contributed by atoms with van der Waals surface area (Å²) in [5.74, 6) is -2.14. The number of carboxylic acid groups (broad SMARTS) is 1. The maximum Gasteiger partial charge on any atom is 0.405 e. The van der Waals surface area contributed by atoms with Gasteiger partial charge in [0.1, 0.15) is 13.1 Å². The smallest absolute Gasteiger partial charge is 0.405 e. The maximum absolute atomic E-state index is 12.5. The highest BCUT2D eigenvalue weighted by atomic mass is 79.9. The van der Waals surface area contributed by atoms with Crippen molar-refractivity contribution in [2.24, 2.45) is 5.73 Å². The van der Waals surface area contributed by atoms with Gasteiger partial charge in [0.15, 0.2) is 0 Å². The van der Waals surface area contributed by atoms with Crippen LogP contribution < -0.4 is 10.6 Å². The summed E-state index contributed by atoms with van der Waals surface area (Å²) >= 11 is 3.00. The third kappa shape index (κ3) is 4.72. The molecule has 5 nitrogen and oxygen atoms in total. The fraction of sp³-hybridized carbons (Fsp3) is 0.273. The second-order valence-corrected chi connectivity index (χ2v) is 4.75. The lowest BCUT2D eigenvalue weighted by Crippen LogP contribution is -2.38. The van der Waals surface area contributed by atoms with E-state index in [0.29, 0.717) is 4.90 Å². The van der Waals surface area contributed by atoms with Crippen molar-refractivity contribution in [1.29, 1.82) is 0 Å². The molecular formula is C11H10BrF3N2O3. The first-order chi connectivity index (χ1) is 9.10. The zero-order chi connectivity index (χ0) is 15.5. The maximum atomic E-state index is 12.5. The van der Waals surface area contributed by atoms with Crippen molar-refractivity contribution in [3.8, 4) is 0 Å². The van der Waals surface area contributed by atoms with Crippen LogP contribution in [-0.4, -0.2) is 36.2 Å². The van der Waals surface area contributed by atoms with Crippen LogP contribution in [-0.2, 0) is 4.79 Å². The standard InChI is InChI=1S/C11H10BrF3N2O3/c12-7-3-6(10(16)20)1-2-8(7)17(4-9(18)19)5-11(13,14)15/h1-3H,4-5H2,(H2,16,20)(H,18,19). The molecule has 0 aliphatic carbocycles. The number of aliphatic carboxylic acids is 1. The Morgan fingerprint density at radius 3 is 2.35 bits per heavy atom. The minimum absolute atomic E-state index is 0.00900. The molecule has 0 atom stereocenters. The van der Waals surface area contributed by atoms with Crippen LogP contribution in [0, 0.1) is 0 Å². The number of alkyl halides is 3. The molecule has 0 spiro atoms. The predicted molar refractivity (Wildman–Crippen MR) is 68.6 cm³/mol. The topological polar surface area (TPSA) is 83.6 Å². The van der Waals surface area contributed by atoms with Gasteiger partial charge >= 0.3 is 12.1 Å². The molecule has 1 aromatic rings. The van der Waals surface area contributed by atoms with E-state index in [9.17, 15) is 22.8 Å². The van der Waals surface area contributed by atoms with E-state index in [0.717, 1.165) is 0 Å². The Balaban J connectivity index is 3.13. The number of nitrogens with zero attached hydrogens (tertiary/aromatic N) is 1. The summed E-state index contributed by atoms with van der Waals surface area (Å²) < 4.78 is 37.5. The lowest BCUT2D eigenvalue weighted by molar-refractivity contribution is -0.136. The molecule has 0 saturated carbocycles. The Bertz CT molecular complexity index is 534. The summed E-state index contributed by atoms with van der Waals surface area (Å²) in [6.45, 7) is -2.25. The molecule has 0 aliphatic rings. The van der Waals surface area contributed by atoms with E-state index in [1.165, 1.54) is 18.2 Å². The molecule has 110 valence electrons. The minimum Gasteiger partial charge on any atom is -0.480 e. The molecule has 0 heterocycles. The highest BCUT2D eigenvalue weighted by molar-refractivity contribution is 9.10. The molecule has 0 aromatic heterocycles. The van der Waals surface area contributed by atoms with Crippen molar-refractivity contribution in [2.45, 2.75) is 6.18 Å². The molecule has 0 bridgehead atoms. The summed E-state index contributed by atoms with van der Waals surface area (Å²) in [5.41, 5.74) is 5.15. The van der Waals surface area contributed by atoms with Crippen molar-refractivity contribution in [3.63, 3.8) is 0 Å². The first kappa shape index (κ1) is 16.3. The van der Waals surface area contributed by atoms with Gasteiger partial charge in [-0.3, -0.25) is 9.59 Å². The Labute approximate surface area is 120 Å². The Morgan fingerprint density at radius 2 is 1.95 bits per heavy atom. The SMILES string of the molecule is NC(=O)c1ccc(N(CC(=O)O)CC(F)(F)F)c(Br)c1. The third-order valence-electron chi connectivity index (χ3n) is 2.27. The van der Waals surface area contributed by atoms with Crippen molar-refractivity contribution in [1.82, 2.24) is 0 Å². The summed E-state index contributed by atoms with van der Waals surface area (Å²) in [6, 6.07) is 3.68. The van der Waals surface area contributed by atoms with Gasteiger partial charge < -0.3 is 15.7 Å². The molecule has 0 fully saturated rings. The normalized spacial score (nSPS) is 11.2. The first-order valence-corrected chi connectivity index (χ1v) is 6.02. The van der Waals surface area contributed by atoms with Crippen molar-refractivity contribution in [3.05, 3.63) is 28.2 Å². The number of carboxylic acids is 1. The molecule has 20 heavy (non-hydrogen) atoms. The van der Waals surface area contributed by atoms with Gasteiger partial charge in [0.05, 0.1) is 5.69 Å². The summed E-state index contributed by atoms with van der Waals surface area (Å²) in [5, 5.41) is 8.68. The molecule has 3 N–H and O–H groups in total. The summed E-state index contributed by atoms with van der Waals surface area (Å²) in [4.78, 5) is 22.2. The molecule has 0 radical (unpaired) electrons. The van der Waals surface area contributed by atoms with Gasteiger partial charge in [-0.25, -0.2) is 0 Å². The highest BCUT2D eigenvalue weighted by Crippen LogP contribution is 2.30. The number of primary amides is 1. The molecule has 1 aromatic carbocycles. The Kier molecular flexibility index (Phi) is 4.98. The number of hydrogen-bond donors (Lipinski definition) is 2. The average molecular weight is 355 g/mol. The van der Waals surface area contributed by atoms with Crippen LogP contribution in [0.1, 0.15) is 10.4 Å². The zero-order valence-electron chi connectivity index (χ0n) is 9.95. The minimum atomic E-state index is -4.56. The second kappa shape index (κ2) is 6.12. The van der Waals surface area contributed by atoms with Gasteiger partial charge in [-0.1, -0.05) is 0 Å². The average Bonchev–Trinajstić information content (AvgIpc) is 2.25. The lowest BCUT2D eigenvalue weighted by atomic mass is 10.2. The van der Waals surface area contributed by atoms with Crippen LogP contribution >= 0.6 is 15.9 Å². The van der Waals surface area contributed by atoms with E-state index in [4.69, 9.17) is 10.8 Å². The molecule has 9 heteroatoms. The summed E-state index contributed by atoms with van der Waals surface area (Å²) in [6.07, 6.45) is -4.56. The fourth-order valence-corrected chi connectivity index (χ4v) is 2.15. The fourth-order valence-electron chi connectivity index (χ4n) is 1.52. The second-order valence-electron chi connectivity index (χ2n) is 3.90. The van der Waals surface area contributed by atoms with Crippen LogP contribution in [0.5, 0.6) is 0 Å². The van der Waals surface area contributed by atoms with Crippen LogP contribution in [0.3, 0.4) is 0 Å². The van der Waals surface area contributed by atoms with Gasteiger partial charge in [0, 0.05) is 10.0 Å². The molecule has 0 aliphatic heterocycles. The van der Waals surface area contributed by atoms with E-state index in [1.807, 2.05) is 0 Å². The Morgan fingerprint density at radius 1 is 1.35 bits per heavy atom. The molecular weight excluding hydrogens is 345 g/mol. The molecule has 0 unspecified atom stereocenters. The number of nitrogens with two attached hydrogens (primary N) is 1. The monoisotopic (exact) mass is 354 g/mol. The molecule has 0 saturated heterocycles. The third-order valence-corrected chi connectivity index (χ3v) is 2.90. The van der Waals surface area contributed by atoms with Gasteiger partial charge in [-0.15, -0.1) is 0 Å². The van der Waals surface area contributed by atoms with Crippen molar-refractivity contribution < 1.29 is 27.9 Å². The number of hydrogen-bond acceptors (Lipinski definition) is 3. The van der Waals surface area contributed by atoms with E-state index >= 15 is 0 Å². The Hall–Kier alpha value is -1.77. The van der Waals surface area contributed by atoms with Gasteiger partial charge in [0.25, 0.3) is 0 Å². The number of amides is 1. The van der Waals surface area contributed by atoms with E-state index in [1.54, 1.807) is 0 Å². The van der Waals surface area contributed by atoms with Crippen LogP contribution in [0.15, 0.2) is 22.7 Å². The van der Waals surface area contributed by atoms with Crippen LogP contribution in [0.4, 0.5) is 18.9 Å². The number of anilines is 1. The first-order valence-electron chi connectivity index (χ1n) is 5.23. The highest BCUT2D eigenvalue weighted by Gasteiger charge is 2.32. The number of halogens is 4. The molecule has 1 rings (SSSR count). The summed E-state index contributed by atoms with van der Waals surface area (Å²) in [7, 11) is 0. The van der Waals surface area contributed by atoms with Crippen LogP contribution in [0.25, 0.3) is 0 Å². The van der Waals surface area contributed by atoms with E-state index < -0.39 is 31.1 Å². The predicted octanol–water partition coefficient (Wildman–Crippen LogP) is 2.00. The number of rotatable bonds is 5. The van der Waals surface area contributed by atoms with Crippen LogP contribution in [0.2, 0.25) is 0 Å². The lowest BCUT2D eigenvalue weighted by Gasteiger charge is -2.25. The van der Waals surface area contributed by atoms with Gasteiger partial charge in [-0.2, -0.15) is 13.2 Å². The van der Waals surface area contributed by atoms with Gasteiger partial charge in [0.2, 0.25) is 5.91 Å². The quantitative estimate of drug-likeness (QED) is 0.846. The largest absolute Gasteiger partial charge is 0.480 e. The van der Waals surface area contributed by atoms with E-state index in [-0.39, 0.29) is 15.7 Å². The van der Waals surface area contributed by atoms with E-state index in [2.05, 4.69) is 15.9 Å². The molecule has 1 amide bonds. The number of benzene rings is 1. The van der Waals surface area contributed by atoms with Gasteiger partial charge in [-0.05, 0) is 34.1 Å². The van der Waals surface area contributed by atoms with Crippen molar-refractivity contribution in [2.75, 3.05) is 18.0 Å². The van der Waals surface area contributed by atoms with Crippen molar-refractivity contribution >= 4 is 33.5 Å². The number of carbonyl (C=O) groups is 2. The zero-order valence-corrected chi connectivity index (χ0v) is 11.5.